The van der Waals surface area contributed by atoms with Crippen LogP contribution < -0.4 is 0 Å². The number of rotatable bonds is 2. The summed E-state index contributed by atoms with van der Waals surface area (Å²) < 4.78 is 0. The Morgan fingerprint density at radius 2 is 1.78 bits per heavy atom. The molecule has 0 aliphatic carbocycles. The molecule has 0 fully saturated rings. The summed E-state index contributed by atoms with van der Waals surface area (Å²) in [6, 6.07) is 0. The van der Waals surface area contributed by atoms with Gasteiger partial charge in [-0.2, -0.15) is 0 Å². The summed E-state index contributed by atoms with van der Waals surface area (Å²) in [6.45, 7) is 8.93. The smallest absolute Gasteiger partial charge is 0.0249 e. The quantitative estimate of drug-likeness (QED) is 0.528. The first kappa shape index (κ1) is 9.29. The molecule has 0 rings (SSSR count). The Hall–Kier alpha value is 0.290. The topological polar surface area (TPSA) is 0 Å². The molecule has 0 N–H and O–H groups in total. The molecular weight excluding hydrogens is 132 g/mol. The zero-order valence-corrected chi connectivity index (χ0v) is 7.63. The van der Waals surface area contributed by atoms with Crippen LogP contribution in [0.2, 0.25) is 0 Å². The lowest BCUT2D eigenvalue weighted by molar-refractivity contribution is 0.322. The molecule has 0 radical (unpaired) electrons. The molecule has 0 aliphatic heterocycles. The Kier molecular flexibility index (Phi) is 3.57. The third-order valence-electron chi connectivity index (χ3n) is 1.22. The van der Waals surface area contributed by atoms with Crippen LogP contribution in [0.25, 0.3) is 0 Å². The average molecular weight is 149 g/mol. The van der Waals surface area contributed by atoms with E-state index in [2.05, 4.69) is 27.7 Å². The maximum absolute atomic E-state index is 5.66. The minimum absolute atomic E-state index is 0.439. The van der Waals surface area contributed by atoms with E-state index in [-0.39, 0.29) is 0 Å². The Morgan fingerprint density at radius 3 is 1.89 bits per heavy atom. The Labute approximate surface area is 63.6 Å². The SMILES string of the molecule is C[C@H](CCl)CC(C)(C)C. The zero-order valence-electron chi connectivity index (χ0n) is 6.87. The molecule has 0 aromatic carbocycles. The first-order valence-electron chi connectivity index (χ1n) is 3.51. The first-order chi connectivity index (χ1) is 3.95. The number of hydrogen-bond donors (Lipinski definition) is 0. The summed E-state index contributed by atoms with van der Waals surface area (Å²) in [6.07, 6.45) is 1.22. The van der Waals surface area contributed by atoms with E-state index in [1.807, 2.05) is 0 Å². The van der Waals surface area contributed by atoms with Gasteiger partial charge >= 0.3 is 0 Å². The molecule has 56 valence electrons. The van der Waals surface area contributed by atoms with Gasteiger partial charge in [0.2, 0.25) is 0 Å². The second kappa shape index (κ2) is 3.46. The molecule has 0 aromatic rings. The minimum atomic E-state index is 0.439. The monoisotopic (exact) mass is 148 g/mol. The standard InChI is InChI=1S/C8H17Cl/c1-7(6-9)5-8(2,3)4/h7H,5-6H2,1-4H3/t7-/m0/s1. The predicted octanol–water partition coefficient (Wildman–Crippen LogP) is 3.30. The van der Waals surface area contributed by atoms with E-state index in [4.69, 9.17) is 11.6 Å². The number of hydrogen-bond acceptors (Lipinski definition) is 0. The van der Waals surface area contributed by atoms with Crippen LogP contribution in [-0.4, -0.2) is 5.88 Å². The van der Waals surface area contributed by atoms with E-state index in [0.717, 1.165) is 5.88 Å². The highest BCUT2D eigenvalue weighted by molar-refractivity contribution is 6.18. The van der Waals surface area contributed by atoms with Gasteiger partial charge in [0.1, 0.15) is 0 Å². The van der Waals surface area contributed by atoms with Crippen LogP contribution in [0.15, 0.2) is 0 Å². The fraction of sp³-hybridized carbons (Fsp3) is 1.00. The van der Waals surface area contributed by atoms with Crippen LogP contribution in [0.4, 0.5) is 0 Å². The fourth-order valence-electron chi connectivity index (χ4n) is 1.10. The van der Waals surface area contributed by atoms with Gasteiger partial charge in [0, 0.05) is 5.88 Å². The second-order valence-electron chi connectivity index (χ2n) is 4.02. The van der Waals surface area contributed by atoms with Crippen molar-refractivity contribution >= 4 is 11.6 Å². The highest BCUT2D eigenvalue weighted by atomic mass is 35.5. The molecule has 9 heavy (non-hydrogen) atoms. The van der Waals surface area contributed by atoms with Gasteiger partial charge in [-0.15, -0.1) is 11.6 Å². The third-order valence-corrected chi connectivity index (χ3v) is 1.75. The summed E-state index contributed by atoms with van der Waals surface area (Å²) >= 11 is 5.66. The van der Waals surface area contributed by atoms with Crippen molar-refractivity contribution in [2.24, 2.45) is 11.3 Å². The van der Waals surface area contributed by atoms with E-state index in [0.29, 0.717) is 11.3 Å². The maximum atomic E-state index is 5.66. The molecule has 0 spiro atoms. The third kappa shape index (κ3) is 6.17. The normalized spacial score (nSPS) is 15.7. The molecule has 0 amide bonds. The van der Waals surface area contributed by atoms with Crippen molar-refractivity contribution in [2.75, 3.05) is 5.88 Å². The lowest BCUT2D eigenvalue weighted by Gasteiger charge is -2.21. The molecule has 0 unspecified atom stereocenters. The summed E-state index contributed by atoms with van der Waals surface area (Å²) in [5.74, 6) is 1.45. The Bertz CT molecular complexity index is 71.1. The molecule has 1 atom stereocenters. The van der Waals surface area contributed by atoms with Crippen LogP contribution in [-0.2, 0) is 0 Å². The van der Waals surface area contributed by atoms with Crippen molar-refractivity contribution in [3.05, 3.63) is 0 Å². The predicted molar refractivity (Wildman–Crippen MR) is 44.0 cm³/mol. The fourth-order valence-corrected chi connectivity index (χ4v) is 1.21. The van der Waals surface area contributed by atoms with Gasteiger partial charge in [0.05, 0.1) is 0 Å². The van der Waals surface area contributed by atoms with E-state index >= 15 is 0 Å². The Morgan fingerprint density at radius 1 is 1.33 bits per heavy atom. The van der Waals surface area contributed by atoms with Crippen LogP contribution in [0.5, 0.6) is 0 Å². The maximum Gasteiger partial charge on any atom is 0.0249 e. The van der Waals surface area contributed by atoms with E-state index < -0.39 is 0 Å². The van der Waals surface area contributed by atoms with Crippen LogP contribution >= 0.6 is 11.6 Å². The van der Waals surface area contributed by atoms with Gasteiger partial charge < -0.3 is 0 Å². The first-order valence-corrected chi connectivity index (χ1v) is 4.05. The van der Waals surface area contributed by atoms with E-state index in [1.165, 1.54) is 6.42 Å². The molecule has 0 aromatic heterocycles. The lowest BCUT2D eigenvalue weighted by atomic mass is 9.86. The van der Waals surface area contributed by atoms with Gasteiger partial charge in [0.15, 0.2) is 0 Å². The highest BCUT2D eigenvalue weighted by Crippen LogP contribution is 2.24. The highest BCUT2D eigenvalue weighted by Gasteiger charge is 2.13. The van der Waals surface area contributed by atoms with Crippen molar-refractivity contribution in [3.8, 4) is 0 Å². The molecule has 0 saturated carbocycles. The van der Waals surface area contributed by atoms with E-state index in [9.17, 15) is 0 Å². The van der Waals surface area contributed by atoms with Crippen molar-refractivity contribution in [1.29, 1.82) is 0 Å². The second-order valence-corrected chi connectivity index (χ2v) is 4.33. The summed E-state index contributed by atoms with van der Waals surface area (Å²) in [4.78, 5) is 0. The Balaban J connectivity index is 3.47. The van der Waals surface area contributed by atoms with Crippen molar-refractivity contribution in [3.63, 3.8) is 0 Å². The molecule has 1 heteroatoms. The molecular formula is C8H17Cl. The van der Waals surface area contributed by atoms with Gasteiger partial charge in [0.25, 0.3) is 0 Å². The van der Waals surface area contributed by atoms with Gasteiger partial charge in [-0.3, -0.25) is 0 Å². The molecule has 0 heterocycles. The van der Waals surface area contributed by atoms with Crippen LogP contribution in [0.1, 0.15) is 34.1 Å². The largest absolute Gasteiger partial charge is 0.126 e. The van der Waals surface area contributed by atoms with Gasteiger partial charge in [-0.1, -0.05) is 27.7 Å². The van der Waals surface area contributed by atoms with Gasteiger partial charge in [-0.25, -0.2) is 0 Å². The van der Waals surface area contributed by atoms with Crippen LogP contribution in [0, 0.1) is 11.3 Å². The average Bonchev–Trinajstić information content (AvgIpc) is 1.62. The van der Waals surface area contributed by atoms with E-state index in [1.54, 1.807) is 0 Å². The summed E-state index contributed by atoms with van der Waals surface area (Å²) in [5.41, 5.74) is 0.439. The number of alkyl halides is 1. The lowest BCUT2D eigenvalue weighted by Crippen LogP contribution is -2.11. The molecule has 0 bridgehead atoms. The van der Waals surface area contributed by atoms with Crippen molar-refractivity contribution in [2.45, 2.75) is 34.1 Å². The van der Waals surface area contributed by atoms with Crippen molar-refractivity contribution < 1.29 is 0 Å². The minimum Gasteiger partial charge on any atom is -0.126 e. The van der Waals surface area contributed by atoms with Gasteiger partial charge in [-0.05, 0) is 17.8 Å². The van der Waals surface area contributed by atoms with Crippen molar-refractivity contribution in [1.82, 2.24) is 0 Å². The zero-order chi connectivity index (χ0) is 7.49. The summed E-state index contributed by atoms with van der Waals surface area (Å²) in [5, 5.41) is 0. The van der Waals surface area contributed by atoms with Crippen LogP contribution in [0.3, 0.4) is 0 Å². The molecule has 0 saturated heterocycles. The molecule has 0 nitrogen and oxygen atoms in total. The molecule has 0 aliphatic rings. The number of halogens is 1. The summed E-state index contributed by atoms with van der Waals surface area (Å²) in [7, 11) is 0.